The molecule has 0 heterocycles. The van der Waals surface area contributed by atoms with Crippen molar-refractivity contribution in [3.63, 3.8) is 0 Å². The number of carboxylic acid groups (broad SMARTS) is 1. The van der Waals surface area contributed by atoms with Crippen molar-refractivity contribution >= 4 is 17.8 Å². The summed E-state index contributed by atoms with van der Waals surface area (Å²) in [5.74, 6) is -1.86. The van der Waals surface area contributed by atoms with Crippen molar-refractivity contribution in [1.82, 2.24) is 4.90 Å². The molecule has 1 amide bonds. The van der Waals surface area contributed by atoms with Gasteiger partial charge in [-0.1, -0.05) is 45.9 Å². The number of hydrogen-bond donors (Lipinski definition) is 1. The Kier molecular flexibility index (Phi) is 6.44. The molecule has 2 aromatic rings. The van der Waals surface area contributed by atoms with E-state index in [1.54, 1.807) is 0 Å². The van der Waals surface area contributed by atoms with Crippen LogP contribution in [0.5, 0.6) is 0 Å². The summed E-state index contributed by atoms with van der Waals surface area (Å²) in [5, 5.41) is 9.09. The molecule has 170 valence electrons. The van der Waals surface area contributed by atoms with Crippen LogP contribution in [0.25, 0.3) is 0 Å². The van der Waals surface area contributed by atoms with E-state index in [1.165, 1.54) is 47.2 Å². The van der Waals surface area contributed by atoms with Gasteiger partial charge in [-0.2, -0.15) is 0 Å². The van der Waals surface area contributed by atoms with Crippen LogP contribution in [0.1, 0.15) is 84.9 Å². The summed E-state index contributed by atoms with van der Waals surface area (Å²) >= 11 is 0. The van der Waals surface area contributed by atoms with Crippen molar-refractivity contribution in [2.75, 3.05) is 6.73 Å². The third-order valence-electron chi connectivity index (χ3n) is 6.38. The van der Waals surface area contributed by atoms with Crippen LogP contribution in [0.4, 0.5) is 0 Å². The van der Waals surface area contributed by atoms with Gasteiger partial charge in [-0.15, -0.1) is 0 Å². The van der Waals surface area contributed by atoms with Crippen molar-refractivity contribution in [3.05, 3.63) is 70.3 Å². The number of carbonyl (C=O) groups is 3. The Bertz CT molecular complexity index is 1040. The molecule has 0 atom stereocenters. The van der Waals surface area contributed by atoms with Crippen molar-refractivity contribution in [3.8, 4) is 0 Å². The number of nitrogens with zero attached hydrogens (tertiary/aromatic N) is 1. The highest BCUT2D eigenvalue weighted by molar-refractivity contribution is 5.96. The van der Waals surface area contributed by atoms with Crippen LogP contribution in [0, 0.1) is 0 Å². The van der Waals surface area contributed by atoms with Gasteiger partial charge in [-0.05, 0) is 64.6 Å². The average molecular weight is 438 g/mol. The molecule has 1 aliphatic carbocycles. The highest BCUT2D eigenvalue weighted by Crippen LogP contribution is 2.46. The minimum atomic E-state index is -1.06. The molecule has 0 saturated heterocycles. The largest absolute Gasteiger partial charge is 0.478 e. The summed E-state index contributed by atoms with van der Waals surface area (Å²) in [6, 6.07) is 12.1. The number of ether oxygens (including phenoxy) is 1. The fraction of sp³-hybridized carbons (Fsp3) is 0.423. The Balaban J connectivity index is 1.91. The molecule has 6 heteroatoms. The number of rotatable bonds is 6. The molecule has 0 radical (unpaired) electrons. The van der Waals surface area contributed by atoms with Gasteiger partial charge in [-0.25, -0.2) is 4.79 Å². The van der Waals surface area contributed by atoms with Gasteiger partial charge < -0.3 is 14.7 Å². The molecule has 0 saturated carbocycles. The molecular weight excluding hydrogens is 406 g/mol. The summed E-state index contributed by atoms with van der Waals surface area (Å²) in [4.78, 5) is 37.1. The molecular formula is C26H31NO5. The Hall–Kier alpha value is -3.15. The molecule has 0 aromatic heterocycles. The fourth-order valence-corrected chi connectivity index (χ4v) is 4.24. The summed E-state index contributed by atoms with van der Waals surface area (Å²) in [6.45, 7) is 10.4. The zero-order valence-corrected chi connectivity index (χ0v) is 19.4. The Labute approximate surface area is 189 Å². The molecule has 6 nitrogen and oxygen atoms in total. The number of amides is 1. The summed E-state index contributed by atoms with van der Waals surface area (Å²) in [7, 11) is 0. The molecule has 3 rings (SSSR count). The predicted octanol–water partition coefficient (Wildman–Crippen LogP) is 4.90. The molecule has 0 unspecified atom stereocenters. The summed E-state index contributed by atoms with van der Waals surface area (Å²) < 4.78 is 5.14. The van der Waals surface area contributed by atoms with E-state index in [-0.39, 0.29) is 35.6 Å². The number of esters is 1. The molecule has 32 heavy (non-hydrogen) atoms. The van der Waals surface area contributed by atoms with Crippen molar-refractivity contribution in [1.29, 1.82) is 0 Å². The second-order valence-corrected chi connectivity index (χ2v) is 9.80. The van der Waals surface area contributed by atoms with E-state index in [0.29, 0.717) is 5.56 Å². The first-order chi connectivity index (χ1) is 14.9. The van der Waals surface area contributed by atoms with Crippen LogP contribution >= 0.6 is 0 Å². The highest BCUT2D eigenvalue weighted by atomic mass is 16.5. The van der Waals surface area contributed by atoms with E-state index < -0.39 is 11.9 Å². The van der Waals surface area contributed by atoms with Crippen LogP contribution < -0.4 is 0 Å². The highest BCUT2D eigenvalue weighted by Gasteiger charge is 2.37. The van der Waals surface area contributed by atoms with Gasteiger partial charge in [0.05, 0.1) is 5.56 Å². The zero-order valence-electron chi connectivity index (χ0n) is 19.4. The third-order valence-corrected chi connectivity index (χ3v) is 6.38. The van der Waals surface area contributed by atoms with E-state index in [0.717, 1.165) is 18.4 Å². The van der Waals surface area contributed by atoms with E-state index in [1.807, 2.05) is 6.07 Å². The lowest BCUT2D eigenvalue weighted by Crippen LogP contribution is -2.35. The summed E-state index contributed by atoms with van der Waals surface area (Å²) in [6.07, 6.45) is 2.21. The maximum absolute atomic E-state index is 13.1. The van der Waals surface area contributed by atoms with Crippen LogP contribution in [0.2, 0.25) is 0 Å². The third kappa shape index (κ3) is 5.01. The normalized spacial score (nSPS) is 16.0. The van der Waals surface area contributed by atoms with E-state index in [9.17, 15) is 14.4 Å². The Morgan fingerprint density at radius 2 is 1.47 bits per heavy atom. The fourth-order valence-electron chi connectivity index (χ4n) is 4.24. The molecule has 0 bridgehead atoms. The standard InChI is InChI=1S/C26H31NO5/c1-17(28)32-16-27(23(29)19-7-9-20(10-8-19)24(30)31)15-18-6-11-21-22(14-18)26(4,5)13-12-25(21,2)3/h6-11,14H,12-13,15-16H2,1-5H3,(H,30,31). The second kappa shape index (κ2) is 8.77. The van der Waals surface area contributed by atoms with Gasteiger partial charge in [0.25, 0.3) is 5.91 Å². The van der Waals surface area contributed by atoms with Crippen LogP contribution in [-0.2, 0) is 26.9 Å². The van der Waals surface area contributed by atoms with E-state index in [2.05, 4.69) is 39.8 Å². The SMILES string of the molecule is CC(=O)OCN(Cc1ccc2c(c1)C(C)(C)CCC2(C)C)C(=O)c1ccc(C(=O)O)cc1. The number of hydrogen-bond acceptors (Lipinski definition) is 4. The van der Waals surface area contributed by atoms with Gasteiger partial charge in [0, 0.05) is 19.0 Å². The molecule has 0 fully saturated rings. The van der Waals surface area contributed by atoms with Crippen molar-refractivity contribution in [2.45, 2.75) is 64.8 Å². The first kappa shape index (κ1) is 23.5. The van der Waals surface area contributed by atoms with Crippen LogP contribution in [-0.4, -0.2) is 34.6 Å². The first-order valence-electron chi connectivity index (χ1n) is 10.8. The minimum absolute atomic E-state index is 0.0399. The maximum Gasteiger partial charge on any atom is 0.335 e. The number of fused-ring (bicyclic) bond motifs is 1. The quantitative estimate of drug-likeness (QED) is 0.513. The van der Waals surface area contributed by atoms with Crippen LogP contribution in [0.15, 0.2) is 42.5 Å². The monoisotopic (exact) mass is 437 g/mol. The van der Waals surface area contributed by atoms with Gasteiger partial charge in [-0.3, -0.25) is 9.59 Å². The van der Waals surface area contributed by atoms with Gasteiger partial charge in [0.1, 0.15) is 0 Å². The lowest BCUT2D eigenvalue weighted by Gasteiger charge is -2.42. The van der Waals surface area contributed by atoms with Gasteiger partial charge in [0.2, 0.25) is 0 Å². The average Bonchev–Trinajstić information content (AvgIpc) is 2.74. The molecule has 1 N–H and O–H groups in total. The number of benzene rings is 2. The zero-order chi connectivity index (χ0) is 23.7. The predicted molar refractivity (Wildman–Crippen MR) is 122 cm³/mol. The summed E-state index contributed by atoms with van der Waals surface area (Å²) in [5.41, 5.74) is 4.16. The molecule has 1 aliphatic rings. The Morgan fingerprint density at radius 1 is 0.906 bits per heavy atom. The molecule has 0 spiro atoms. The van der Waals surface area contributed by atoms with Crippen molar-refractivity contribution < 1.29 is 24.2 Å². The van der Waals surface area contributed by atoms with Crippen molar-refractivity contribution in [2.24, 2.45) is 0 Å². The number of carboxylic acids is 1. The Morgan fingerprint density at radius 3 is 2.03 bits per heavy atom. The number of carbonyl (C=O) groups excluding carboxylic acids is 2. The lowest BCUT2D eigenvalue weighted by atomic mass is 9.63. The maximum atomic E-state index is 13.1. The molecule has 2 aromatic carbocycles. The topological polar surface area (TPSA) is 83.9 Å². The second-order valence-electron chi connectivity index (χ2n) is 9.80. The van der Waals surface area contributed by atoms with Crippen LogP contribution in [0.3, 0.4) is 0 Å². The lowest BCUT2D eigenvalue weighted by molar-refractivity contribution is -0.144. The first-order valence-corrected chi connectivity index (χ1v) is 10.8. The van der Waals surface area contributed by atoms with E-state index >= 15 is 0 Å². The van der Waals surface area contributed by atoms with E-state index in [4.69, 9.17) is 9.84 Å². The minimum Gasteiger partial charge on any atom is -0.478 e. The van der Waals surface area contributed by atoms with Gasteiger partial charge in [0.15, 0.2) is 6.73 Å². The van der Waals surface area contributed by atoms with Gasteiger partial charge >= 0.3 is 11.9 Å². The molecule has 0 aliphatic heterocycles. The smallest absolute Gasteiger partial charge is 0.335 e. The number of aromatic carboxylic acids is 1.